The highest BCUT2D eigenvalue weighted by molar-refractivity contribution is 6.51. The molecule has 1 saturated heterocycles. The van der Waals surface area contributed by atoms with E-state index in [1.54, 1.807) is 60.7 Å². The topological polar surface area (TPSA) is 82.1 Å². The van der Waals surface area contributed by atoms with Crippen LogP contribution in [0.15, 0.2) is 96.1 Å². The Kier molecular flexibility index (Phi) is 4.55. The zero-order chi connectivity index (χ0) is 21.4. The summed E-state index contributed by atoms with van der Waals surface area (Å²) in [5.41, 5.74) is 1.72. The first-order chi connectivity index (χ1) is 15.1. The second-order valence-corrected chi connectivity index (χ2v) is 7.26. The Bertz CT molecular complexity index is 1180. The molecule has 2 atom stereocenters. The number of hydrazone groups is 1. The third-order valence-corrected chi connectivity index (χ3v) is 5.35. The number of para-hydroxylation sites is 3. The van der Waals surface area contributed by atoms with Crippen molar-refractivity contribution in [3.8, 4) is 0 Å². The number of anilines is 3. The van der Waals surface area contributed by atoms with Gasteiger partial charge in [-0.3, -0.25) is 19.4 Å². The minimum Gasteiger partial charge on any atom is -0.321 e. The van der Waals surface area contributed by atoms with E-state index < -0.39 is 29.7 Å². The zero-order valence-electron chi connectivity index (χ0n) is 16.4. The molecule has 7 nitrogen and oxygen atoms in total. The van der Waals surface area contributed by atoms with Crippen LogP contribution < -0.4 is 15.2 Å². The minimum atomic E-state index is -0.989. The van der Waals surface area contributed by atoms with E-state index in [9.17, 15) is 14.4 Å². The standard InChI is InChI=1S/C24H18N4O3/c29-22(25-16-10-4-1-5-11-16)20-19-21(28(26-20)18-14-8-3-9-15-18)24(31)27(23(19)30)17-12-6-2-7-13-17/h1-15,19,21H,(H,25,29). The smallest absolute Gasteiger partial charge is 0.272 e. The molecule has 2 aliphatic rings. The average Bonchev–Trinajstić information content (AvgIpc) is 3.32. The molecule has 2 aliphatic heterocycles. The van der Waals surface area contributed by atoms with Crippen molar-refractivity contribution in [1.82, 2.24) is 0 Å². The molecule has 0 radical (unpaired) electrons. The van der Waals surface area contributed by atoms with Crippen molar-refractivity contribution in [1.29, 1.82) is 0 Å². The number of rotatable bonds is 4. The minimum absolute atomic E-state index is 0.0227. The first-order valence-corrected chi connectivity index (χ1v) is 9.87. The van der Waals surface area contributed by atoms with Gasteiger partial charge in [0, 0.05) is 5.69 Å². The molecule has 1 N–H and O–H groups in total. The van der Waals surface area contributed by atoms with Gasteiger partial charge in [-0.05, 0) is 36.4 Å². The predicted molar refractivity (Wildman–Crippen MR) is 118 cm³/mol. The molecule has 7 heteroatoms. The summed E-state index contributed by atoms with van der Waals surface area (Å²) in [5.74, 6) is -2.36. The van der Waals surface area contributed by atoms with Crippen molar-refractivity contribution in [2.45, 2.75) is 6.04 Å². The van der Waals surface area contributed by atoms with Crippen molar-refractivity contribution < 1.29 is 14.4 Å². The van der Waals surface area contributed by atoms with E-state index >= 15 is 0 Å². The molecule has 3 aromatic rings. The molecule has 1 fully saturated rings. The highest BCUT2D eigenvalue weighted by Gasteiger charge is 2.58. The Morgan fingerprint density at radius 1 is 0.742 bits per heavy atom. The summed E-state index contributed by atoms with van der Waals surface area (Å²) in [4.78, 5) is 41.0. The number of hydrogen-bond acceptors (Lipinski definition) is 5. The van der Waals surface area contributed by atoms with Gasteiger partial charge >= 0.3 is 0 Å². The van der Waals surface area contributed by atoms with Crippen molar-refractivity contribution in [3.63, 3.8) is 0 Å². The van der Waals surface area contributed by atoms with Crippen LogP contribution in [0.4, 0.5) is 17.1 Å². The SMILES string of the molecule is O=C(Nc1ccccc1)C1=NN(c2ccccc2)C2C(=O)N(c3ccccc3)C(=O)C12. The summed E-state index contributed by atoms with van der Waals surface area (Å²) in [6, 6.07) is 25.8. The van der Waals surface area contributed by atoms with Crippen molar-refractivity contribution >= 4 is 40.5 Å². The van der Waals surface area contributed by atoms with Crippen molar-refractivity contribution in [2.75, 3.05) is 15.2 Å². The summed E-state index contributed by atoms with van der Waals surface area (Å²) >= 11 is 0. The summed E-state index contributed by atoms with van der Waals surface area (Å²) in [7, 11) is 0. The highest BCUT2D eigenvalue weighted by Crippen LogP contribution is 2.37. The summed E-state index contributed by atoms with van der Waals surface area (Å²) in [6.45, 7) is 0. The van der Waals surface area contributed by atoms with Gasteiger partial charge in [0.15, 0.2) is 0 Å². The number of benzene rings is 3. The summed E-state index contributed by atoms with van der Waals surface area (Å²) < 4.78 is 0. The van der Waals surface area contributed by atoms with E-state index in [4.69, 9.17) is 0 Å². The normalized spacial score (nSPS) is 19.9. The predicted octanol–water partition coefficient (Wildman–Crippen LogP) is 3.06. The maximum absolute atomic E-state index is 13.4. The second-order valence-electron chi connectivity index (χ2n) is 7.26. The molecule has 0 spiro atoms. The molecule has 0 bridgehead atoms. The van der Waals surface area contributed by atoms with Crippen LogP contribution in [0.3, 0.4) is 0 Å². The monoisotopic (exact) mass is 410 g/mol. The number of carbonyl (C=O) groups is 3. The van der Waals surface area contributed by atoms with Crippen LogP contribution in [-0.2, 0) is 14.4 Å². The Morgan fingerprint density at radius 3 is 1.90 bits per heavy atom. The third-order valence-electron chi connectivity index (χ3n) is 5.35. The number of nitrogens with zero attached hydrogens (tertiary/aromatic N) is 3. The quantitative estimate of drug-likeness (QED) is 0.671. The van der Waals surface area contributed by atoms with E-state index in [2.05, 4.69) is 10.4 Å². The number of hydrogen-bond donors (Lipinski definition) is 1. The number of fused-ring (bicyclic) bond motifs is 1. The molecule has 152 valence electrons. The fourth-order valence-electron chi connectivity index (χ4n) is 3.94. The zero-order valence-corrected chi connectivity index (χ0v) is 16.4. The molecular formula is C24H18N4O3. The molecule has 3 amide bonds. The van der Waals surface area contributed by atoms with Crippen molar-refractivity contribution in [2.24, 2.45) is 11.0 Å². The van der Waals surface area contributed by atoms with Gasteiger partial charge in [0.05, 0.1) is 11.4 Å². The van der Waals surface area contributed by atoms with Gasteiger partial charge in [-0.25, -0.2) is 4.90 Å². The molecule has 2 heterocycles. The van der Waals surface area contributed by atoms with Crippen LogP contribution in [0.2, 0.25) is 0 Å². The number of amides is 3. The third kappa shape index (κ3) is 3.16. The van der Waals surface area contributed by atoms with Crippen LogP contribution >= 0.6 is 0 Å². The lowest BCUT2D eigenvalue weighted by atomic mass is 9.97. The van der Waals surface area contributed by atoms with Gasteiger partial charge < -0.3 is 5.32 Å². The molecule has 0 aliphatic carbocycles. The lowest BCUT2D eigenvalue weighted by molar-refractivity contribution is -0.122. The lowest BCUT2D eigenvalue weighted by Gasteiger charge is -2.22. The fourth-order valence-corrected chi connectivity index (χ4v) is 3.94. The number of nitrogens with one attached hydrogen (secondary N) is 1. The molecule has 31 heavy (non-hydrogen) atoms. The van der Waals surface area contributed by atoms with Crippen LogP contribution in [0.5, 0.6) is 0 Å². The average molecular weight is 410 g/mol. The Hall–Kier alpha value is -4.26. The highest BCUT2D eigenvalue weighted by atomic mass is 16.2. The molecular weight excluding hydrogens is 392 g/mol. The number of imide groups is 1. The van der Waals surface area contributed by atoms with Crippen molar-refractivity contribution in [3.05, 3.63) is 91.0 Å². The maximum atomic E-state index is 13.4. The Labute approximate surface area is 178 Å². The molecule has 0 saturated carbocycles. The van der Waals surface area contributed by atoms with E-state index in [1.165, 1.54) is 5.01 Å². The van der Waals surface area contributed by atoms with Crippen LogP contribution in [0, 0.1) is 5.92 Å². The van der Waals surface area contributed by atoms with Gasteiger partial charge in [-0.15, -0.1) is 0 Å². The van der Waals surface area contributed by atoms with Crippen LogP contribution in [-0.4, -0.2) is 29.5 Å². The summed E-state index contributed by atoms with van der Waals surface area (Å²) in [5, 5.41) is 8.70. The van der Waals surface area contributed by atoms with E-state index in [1.807, 2.05) is 30.3 Å². The van der Waals surface area contributed by atoms with Crippen LogP contribution in [0.25, 0.3) is 0 Å². The number of carbonyl (C=O) groups excluding carboxylic acids is 3. The molecule has 0 aromatic heterocycles. The Balaban J connectivity index is 1.55. The van der Waals surface area contributed by atoms with Gasteiger partial charge in [-0.1, -0.05) is 54.6 Å². The maximum Gasteiger partial charge on any atom is 0.272 e. The van der Waals surface area contributed by atoms with E-state index in [-0.39, 0.29) is 5.71 Å². The van der Waals surface area contributed by atoms with Gasteiger partial charge in [-0.2, -0.15) is 5.10 Å². The summed E-state index contributed by atoms with van der Waals surface area (Å²) in [6.07, 6.45) is 0. The first-order valence-electron chi connectivity index (χ1n) is 9.87. The Morgan fingerprint density at radius 2 is 1.29 bits per heavy atom. The van der Waals surface area contributed by atoms with Gasteiger partial charge in [0.25, 0.3) is 11.8 Å². The van der Waals surface area contributed by atoms with Gasteiger partial charge in [0.2, 0.25) is 5.91 Å². The van der Waals surface area contributed by atoms with E-state index in [0.29, 0.717) is 17.1 Å². The largest absolute Gasteiger partial charge is 0.321 e. The fraction of sp³-hybridized carbons (Fsp3) is 0.0833. The first kappa shape index (κ1) is 18.7. The van der Waals surface area contributed by atoms with E-state index in [0.717, 1.165) is 4.90 Å². The lowest BCUT2D eigenvalue weighted by Crippen LogP contribution is -2.39. The molecule has 3 aromatic carbocycles. The second kappa shape index (κ2) is 7.53. The van der Waals surface area contributed by atoms with Gasteiger partial charge in [0.1, 0.15) is 17.7 Å². The molecule has 2 unspecified atom stereocenters. The molecule has 5 rings (SSSR count). The van der Waals surface area contributed by atoms with Crippen LogP contribution in [0.1, 0.15) is 0 Å².